The molecule has 0 aliphatic carbocycles. The molecule has 1 amide bonds. The van der Waals surface area contributed by atoms with Gasteiger partial charge >= 0.3 is 0 Å². The molecule has 1 atom stereocenters. The third-order valence-corrected chi connectivity index (χ3v) is 4.32. The first-order chi connectivity index (χ1) is 8.54. The Balaban J connectivity index is 2.97. The average molecular weight is 266 g/mol. The average Bonchev–Trinajstić information content (AvgIpc) is 2.87. The highest BCUT2D eigenvalue weighted by molar-refractivity contribution is 7.15. The fraction of sp³-hybridized carbons (Fsp3) is 0.500. The molecular weight excluding hydrogens is 244 g/mol. The van der Waals surface area contributed by atoms with Crippen LogP contribution in [0.1, 0.15) is 41.7 Å². The molecule has 1 aromatic rings. The third-order valence-electron chi connectivity index (χ3n) is 3.21. The second kappa shape index (κ2) is 6.59. The van der Waals surface area contributed by atoms with Crippen molar-refractivity contribution in [1.82, 2.24) is 10.2 Å². The number of hydrogen-bond donors (Lipinski definition) is 1. The molecule has 0 saturated heterocycles. The van der Waals surface area contributed by atoms with Crippen molar-refractivity contribution in [2.45, 2.75) is 33.2 Å². The minimum absolute atomic E-state index is 0.0205. The van der Waals surface area contributed by atoms with Crippen LogP contribution >= 0.6 is 11.3 Å². The van der Waals surface area contributed by atoms with E-state index in [9.17, 15) is 4.79 Å². The van der Waals surface area contributed by atoms with Gasteiger partial charge in [-0.2, -0.15) is 0 Å². The van der Waals surface area contributed by atoms with Crippen molar-refractivity contribution in [3.63, 3.8) is 0 Å². The molecule has 0 saturated carbocycles. The largest absolute Gasteiger partial charge is 0.371 e. The van der Waals surface area contributed by atoms with Crippen LogP contribution in [0.15, 0.2) is 18.2 Å². The standard InChI is InChI=1S/C14H22N2OS/c1-6-10(3)16(5)11(7-2)12-8-9-13(18-12)14(17)15-4/h7-10H,6H2,1-5H3,(H,15,17)/b11-7-. The number of nitrogens with zero attached hydrogens (tertiary/aromatic N) is 1. The van der Waals surface area contributed by atoms with Gasteiger partial charge in [-0.05, 0) is 32.4 Å². The molecule has 1 rings (SSSR count). The zero-order valence-electron chi connectivity index (χ0n) is 11.8. The van der Waals surface area contributed by atoms with Crippen molar-refractivity contribution in [2.75, 3.05) is 14.1 Å². The van der Waals surface area contributed by atoms with Crippen molar-refractivity contribution >= 4 is 22.9 Å². The summed E-state index contributed by atoms with van der Waals surface area (Å²) >= 11 is 1.53. The predicted octanol–water partition coefficient (Wildman–Crippen LogP) is 3.20. The Morgan fingerprint density at radius 2 is 2.11 bits per heavy atom. The van der Waals surface area contributed by atoms with Crippen molar-refractivity contribution in [3.8, 4) is 0 Å². The second-order valence-corrected chi connectivity index (χ2v) is 5.37. The first-order valence-electron chi connectivity index (χ1n) is 6.26. The molecule has 0 aromatic carbocycles. The number of carbonyl (C=O) groups is 1. The number of carbonyl (C=O) groups excluding carboxylic acids is 1. The molecule has 18 heavy (non-hydrogen) atoms. The van der Waals surface area contributed by atoms with Gasteiger partial charge in [0.1, 0.15) is 0 Å². The van der Waals surface area contributed by atoms with Crippen LogP contribution in [0.2, 0.25) is 0 Å². The second-order valence-electron chi connectivity index (χ2n) is 4.29. The molecule has 4 heteroatoms. The van der Waals surface area contributed by atoms with E-state index in [4.69, 9.17) is 0 Å². The molecule has 1 N–H and O–H groups in total. The van der Waals surface area contributed by atoms with E-state index >= 15 is 0 Å². The Kier molecular flexibility index (Phi) is 5.41. The summed E-state index contributed by atoms with van der Waals surface area (Å²) in [6.45, 7) is 6.42. The summed E-state index contributed by atoms with van der Waals surface area (Å²) in [5.74, 6) is -0.0205. The van der Waals surface area contributed by atoms with Gasteiger partial charge in [0.25, 0.3) is 5.91 Å². The number of hydrogen-bond acceptors (Lipinski definition) is 3. The fourth-order valence-electron chi connectivity index (χ4n) is 1.75. The van der Waals surface area contributed by atoms with Crippen LogP contribution in [0.5, 0.6) is 0 Å². The van der Waals surface area contributed by atoms with Crippen molar-refractivity contribution in [2.24, 2.45) is 0 Å². The molecule has 0 aliphatic rings. The molecule has 1 heterocycles. The summed E-state index contributed by atoms with van der Waals surface area (Å²) in [7, 11) is 3.76. The van der Waals surface area contributed by atoms with Crippen molar-refractivity contribution in [1.29, 1.82) is 0 Å². The van der Waals surface area contributed by atoms with Crippen LogP contribution in [0.4, 0.5) is 0 Å². The van der Waals surface area contributed by atoms with Gasteiger partial charge < -0.3 is 10.2 Å². The summed E-state index contributed by atoms with van der Waals surface area (Å²) in [5, 5.41) is 2.65. The van der Waals surface area contributed by atoms with E-state index < -0.39 is 0 Å². The van der Waals surface area contributed by atoms with Crippen LogP contribution in [0, 0.1) is 0 Å². The highest BCUT2D eigenvalue weighted by Gasteiger charge is 2.15. The molecule has 0 spiro atoms. The van der Waals surface area contributed by atoms with Gasteiger partial charge in [0.2, 0.25) is 0 Å². The number of rotatable bonds is 5. The van der Waals surface area contributed by atoms with E-state index in [1.165, 1.54) is 17.0 Å². The smallest absolute Gasteiger partial charge is 0.261 e. The third kappa shape index (κ3) is 3.13. The van der Waals surface area contributed by atoms with Gasteiger partial charge in [-0.25, -0.2) is 0 Å². The maximum atomic E-state index is 11.6. The molecule has 1 unspecified atom stereocenters. The predicted molar refractivity (Wildman–Crippen MR) is 78.9 cm³/mol. The summed E-state index contributed by atoms with van der Waals surface area (Å²) in [6, 6.07) is 4.39. The van der Waals surface area contributed by atoms with Crippen LogP contribution < -0.4 is 5.32 Å². The fourth-order valence-corrected chi connectivity index (χ4v) is 2.82. The lowest BCUT2D eigenvalue weighted by Crippen LogP contribution is -2.26. The van der Waals surface area contributed by atoms with Crippen molar-refractivity contribution in [3.05, 3.63) is 28.0 Å². The van der Waals surface area contributed by atoms with Gasteiger partial charge in [-0.15, -0.1) is 11.3 Å². The maximum Gasteiger partial charge on any atom is 0.261 e. The lowest BCUT2D eigenvalue weighted by Gasteiger charge is -2.28. The maximum absolute atomic E-state index is 11.6. The SMILES string of the molecule is C/C=C(/c1ccc(C(=O)NC)s1)N(C)C(C)CC. The monoisotopic (exact) mass is 266 g/mol. The van der Waals surface area contributed by atoms with Gasteiger partial charge in [0.15, 0.2) is 0 Å². The first kappa shape index (κ1) is 14.8. The van der Waals surface area contributed by atoms with Crippen LogP contribution in [0.25, 0.3) is 5.70 Å². The van der Waals surface area contributed by atoms with E-state index in [1.54, 1.807) is 7.05 Å². The van der Waals surface area contributed by atoms with Crippen LogP contribution in [-0.4, -0.2) is 30.9 Å². The zero-order valence-corrected chi connectivity index (χ0v) is 12.6. The van der Waals surface area contributed by atoms with E-state index in [-0.39, 0.29) is 5.91 Å². The molecule has 100 valence electrons. The number of thiophene rings is 1. The Hall–Kier alpha value is -1.29. The summed E-state index contributed by atoms with van der Waals surface area (Å²) in [5.41, 5.74) is 1.18. The summed E-state index contributed by atoms with van der Waals surface area (Å²) in [6.07, 6.45) is 3.20. The molecule has 0 radical (unpaired) electrons. The Bertz CT molecular complexity index is 437. The van der Waals surface area contributed by atoms with Crippen LogP contribution in [0.3, 0.4) is 0 Å². The van der Waals surface area contributed by atoms with E-state index in [0.29, 0.717) is 6.04 Å². The lowest BCUT2D eigenvalue weighted by atomic mass is 10.2. The van der Waals surface area contributed by atoms with E-state index in [1.807, 2.05) is 19.1 Å². The van der Waals surface area contributed by atoms with Gasteiger partial charge in [-0.1, -0.05) is 13.0 Å². The molecule has 0 fully saturated rings. The minimum Gasteiger partial charge on any atom is -0.371 e. The number of nitrogens with one attached hydrogen (secondary N) is 1. The molecule has 1 aromatic heterocycles. The Labute approximate surface area is 114 Å². The quantitative estimate of drug-likeness (QED) is 0.887. The normalized spacial score (nSPS) is 13.3. The van der Waals surface area contributed by atoms with Crippen molar-refractivity contribution < 1.29 is 4.79 Å². The Morgan fingerprint density at radius 1 is 1.50 bits per heavy atom. The highest BCUT2D eigenvalue weighted by Crippen LogP contribution is 2.28. The molecule has 0 aliphatic heterocycles. The van der Waals surface area contributed by atoms with Gasteiger partial charge in [0.05, 0.1) is 9.75 Å². The van der Waals surface area contributed by atoms with E-state index in [0.717, 1.165) is 16.2 Å². The van der Waals surface area contributed by atoms with Crippen LogP contribution in [-0.2, 0) is 0 Å². The molecule has 3 nitrogen and oxygen atoms in total. The first-order valence-corrected chi connectivity index (χ1v) is 7.08. The highest BCUT2D eigenvalue weighted by atomic mass is 32.1. The minimum atomic E-state index is -0.0205. The topological polar surface area (TPSA) is 32.3 Å². The molecule has 0 bridgehead atoms. The van der Waals surface area contributed by atoms with Gasteiger partial charge in [-0.3, -0.25) is 4.79 Å². The zero-order chi connectivity index (χ0) is 13.7. The Morgan fingerprint density at radius 3 is 2.61 bits per heavy atom. The lowest BCUT2D eigenvalue weighted by molar-refractivity contribution is 0.0967. The molecular formula is C14H22N2OS. The van der Waals surface area contributed by atoms with Gasteiger partial charge in [0, 0.05) is 25.8 Å². The number of amides is 1. The number of allylic oxidation sites excluding steroid dienone is 1. The summed E-state index contributed by atoms with van der Waals surface area (Å²) in [4.78, 5) is 15.7. The van der Waals surface area contributed by atoms with E-state index in [2.05, 4.69) is 37.2 Å². The summed E-state index contributed by atoms with van der Waals surface area (Å²) < 4.78 is 0.